The topological polar surface area (TPSA) is 29.5 Å². The van der Waals surface area contributed by atoms with Crippen molar-refractivity contribution < 1.29 is 18.3 Å². The number of rotatable bonds is 6. The van der Waals surface area contributed by atoms with Crippen molar-refractivity contribution in [3.63, 3.8) is 0 Å². The number of ether oxygens (including phenoxy) is 1. The molecule has 0 saturated carbocycles. The molecule has 0 aromatic heterocycles. The standard InChI is InChI=1S/C24H16BrF2NO2S2/c25-18-5-10-21(30-14-16-3-8-20(27)9-4-16)17(11-18)12-22-23(29)28(24(31)32-22)13-15-1-6-19(26)7-2-15/h1-12H,13-14H2. The first-order chi connectivity index (χ1) is 15.4. The maximum atomic E-state index is 13.2. The summed E-state index contributed by atoms with van der Waals surface area (Å²) in [6.45, 7) is 0.531. The molecule has 1 saturated heterocycles. The summed E-state index contributed by atoms with van der Waals surface area (Å²) < 4.78 is 33.5. The fourth-order valence-corrected chi connectivity index (χ4v) is 4.68. The molecule has 0 unspecified atom stereocenters. The molecule has 162 valence electrons. The Kier molecular flexibility index (Phi) is 7.03. The number of halogens is 3. The second kappa shape index (κ2) is 9.94. The van der Waals surface area contributed by atoms with E-state index in [9.17, 15) is 13.6 Å². The minimum absolute atomic E-state index is 0.214. The molecule has 1 amide bonds. The van der Waals surface area contributed by atoms with E-state index in [2.05, 4.69) is 15.9 Å². The van der Waals surface area contributed by atoms with E-state index in [0.29, 0.717) is 20.5 Å². The molecular formula is C24H16BrF2NO2S2. The number of thioether (sulfide) groups is 1. The number of carbonyl (C=O) groups is 1. The number of hydrogen-bond acceptors (Lipinski definition) is 4. The van der Waals surface area contributed by atoms with Gasteiger partial charge in [-0.25, -0.2) is 8.78 Å². The van der Waals surface area contributed by atoms with E-state index < -0.39 is 0 Å². The van der Waals surface area contributed by atoms with Crippen molar-refractivity contribution in [1.29, 1.82) is 0 Å². The average molecular weight is 532 g/mol. The van der Waals surface area contributed by atoms with Crippen LogP contribution >= 0.6 is 39.9 Å². The van der Waals surface area contributed by atoms with Gasteiger partial charge in [-0.2, -0.15) is 0 Å². The van der Waals surface area contributed by atoms with Gasteiger partial charge in [0.1, 0.15) is 28.3 Å². The third-order valence-corrected chi connectivity index (χ3v) is 6.56. The number of amides is 1. The maximum Gasteiger partial charge on any atom is 0.266 e. The van der Waals surface area contributed by atoms with E-state index in [4.69, 9.17) is 17.0 Å². The molecule has 3 nitrogen and oxygen atoms in total. The highest BCUT2D eigenvalue weighted by atomic mass is 79.9. The monoisotopic (exact) mass is 531 g/mol. The van der Waals surface area contributed by atoms with Gasteiger partial charge in [0.15, 0.2) is 0 Å². The quantitative estimate of drug-likeness (QED) is 0.261. The van der Waals surface area contributed by atoms with E-state index in [1.54, 1.807) is 36.4 Å². The Balaban J connectivity index is 1.54. The molecule has 8 heteroatoms. The summed E-state index contributed by atoms with van der Waals surface area (Å²) >= 11 is 10.1. The van der Waals surface area contributed by atoms with E-state index in [-0.39, 0.29) is 30.7 Å². The van der Waals surface area contributed by atoms with Crippen LogP contribution in [0, 0.1) is 11.6 Å². The second-order valence-corrected chi connectivity index (χ2v) is 9.58. The van der Waals surface area contributed by atoms with Gasteiger partial charge < -0.3 is 4.74 Å². The Hall–Kier alpha value is -2.55. The summed E-state index contributed by atoms with van der Waals surface area (Å²) in [5.74, 6) is -0.266. The molecule has 1 heterocycles. The van der Waals surface area contributed by atoms with Crippen LogP contribution in [-0.2, 0) is 17.9 Å². The Morgan fingerprint density at radius 1 is 0.969 bits per heavy atom. The van der Waals surface area contributed by atoms with Gasteiger partial charge in [-0.15, -0.1) is 0 Å². The average Bonchev–Trinajstić information content (AvgIpc) is 3.03. The predicted molar refractivity (Wildman–Crippen MR) is 130 cm³/mol. The molecule has 0 N–H and O–H groups in total. The van der Waals surface area contributed by atoms with Gasteiger partial charge >= 0.3 is 0 Å². The summed E-state index contributed by atoms with van der Waals surface area (Å²) in [5, 5.41) is 0. The van der Waals surface area contributed by atoms with Crippen LogP contribution in [0.25, 0.3) is 6.08 Å². The van der Waals surface area contributed by atoms with E-state index in [1.165, 1.54) is 40.9 Å². The fraction of sp³-hybridized carbons (Fsp3) is 0.0833. The van der Waals surface area contributed by atoms with E-state index in [1.807, 2.05) is 12.1 Å². The van der Waals surface area contributed by atoms with Gasteiger partial charge in [-0.1, -0.05) is 64.2 Å². The zero-order valence-electron chi connectivity index (χ0n) is 16.6. The number of carbonyl (C=O) groups excluding carboxylic acids is 1. The van der Waals surface area contributed by atoms with E-state index >= 15 is 0 Å². The molecule has 3 aromatic rings. The zero-order chi connectivity index (χ0) is 22.7. The lowest BCUT2D eigenvalue weighted by molar-refractivity contribution is -0.122. The fourth-order valence-electron chi connectivity index (χ4n) is 3.06. The lowest BCUT2D eigenvalue weighted by Gasteiger charge is -2.14. The Morgan fingerprint density at radius 2 is 1.59 bits per heavy atom. The first-order valence-electron chi connectivity index (χ1n) is 9.55. The van der Waals surface area contributed by atoms with Crippen molar-refractivity contribution in [1.82, 2.24) is 4.90 Å². The van der Waals surface area contributed by atoms with Gasteiger partial charge in [0.05, 0.1) is 11.4 Å². The van der Waals surface area contributed by atoms with Gasteiger partial charge in [-0.05, 0) is 59.7 Å². The first-order valence-corrected chi connectivity index (χ1v) is 11.6. The summed E-state index contributed by atoms with van der Waals surface area (Å²) in [4.78, 5) is 15.0. The van der Waals surface area contributed by atoms with Crippen LogP contribution in [0.5, 0.6) is 5.75 Å². The summed E-state index contributed by atoms with van der Waals surface area (Å²) in [6, 6.07) is 17.6. The van der Waals surface area contributed by atoms with Gasteiger partial charge in [0.25, 0.3) is 5.91 Å². The molecule has 0 spiro atoms. The molecule has 0 radical (unpaired) electrons. The first kappa shape index (κ1) is 22.6. The summed E-state index contributed by atoms with van der Waals surface area (Å²) in [5.41, 5.74) is 2.32. The molecule has 1 aliphatic rings. The Bertz CT molecular complexity index is 1200. The molecule has 3 aromatic carbocycles. The highest BCUT2D eigenvalue weighted by molar-refractivity contribution is 9.10. The van der Waals surface area contributed by atoms with Crippen molar-refractivity contribution in [2.24, 2.45) is 0 Å². The van der Waals surface area contributed by atoms with Gasteiger partial charge in [0, 0.05) is 10.0 Å². The Labute approximate surface area is 202 Å². The third kappa shape index (κ3) is 5.43. The molecule has 0 bridgehead atoms. The smallest absolute Gasteiger partial charge is 0.266 e. The SMILES string of the molecule is O=C1C(=Cc2cc(Br)ccc2OCc2ccc(F)cc2)SC(=S)N1Cc1ccc(F)cc1. The predicted octanol–water partition coefficient (Wildman–Crippen LogP) is 6.71. The summed E-state index contributed by atoms with van der Waals surface area (Å²) in [7, 11) is 0. The van der Waals surface area contributed by atoms with Gasteiger partial charge in [-0.3, -0.25) is 9.69 Å². The van der Waals surface area contributed by atoms with Crippen LogP contribution in [0.2, 0.25) is 0 Å². The number of nitrogens with zero attached hydrogens (tertiary/aromatic N) is 1. The lowest BCUT2D eigenvalue weighted by Crippen LogP contribution is -2.27. The normalized spacial score (nSPS) is 15.0. The van der Waals surface area contributed by atoms with Crippen LogP contribution in [0.1, 0.15) is 16.7 Å². The highest BCUT2D eigenvalue weighted by Gasteiger charge is 2.32. The summed E-state index contributed by atoms with van der Waals surface area (Å²) in [6.07, 6.45) is 1.74. The molecule has 1 fully saturated rings. The minimum atomic E-state index is -0.332. The third-order valence-electron chi connectivity index (χ3n) is 4.69. The largest absolute Gasteiger partial charge is 0.488 e. The Morgan fingerprint density at radius 3 is 2.25 bits per heavy atom. The lowest BCUT2D eigenvalue weighted by atomic mass is 10.1. The minimum Gasteiger partial charge on any atom is -0.488 e. The van der Waals surface area contributed by atoms with Crippen LogP contribution in [0.15, 0.2) is 76.1 Å². The maximum absolute atomic E-state index is 13.2. The van der Waals surface area contributed by atoms with Crippen LogP contribution in [-0.4, -0.2) is 15.1 Å². The van der Waals surface area contributed by atoms with E-state index in [0.717, 1.165) is 15.6 Å². The van der Waals surface area contributed by atoms with Crippen LogP contribution < -0.4 is 4.74 Å². The number of benzene rings is 3. The zero-order valence-corrected chi connectivity index (χ0v) is 19.8. The molecule has 0 aliphatic carbocycles. The molecule has 32 heavy (non-hydrogen) atoms. The van der Waals surface area contributed by atoms with Crippen molar-refractivity contribution in [3.05, 3.63) is 104 Å². The van der Waals surface area contributed by atoms with Crippen molar-refractivity contribution in [3.8, 4) is 5.75 Å². The number of hydrogen-bond donors (Lipinski definition) is 0. The molecule has 4 rings (SSSR count). The van der Waals surface area contributed by atoms with Crippen molar-refractivity contribution >= 4 is 56.2 Å². The highest BCUT2D eigenvalue weighted by Crippen LogP contribution is 2.36. The number of thiocarbonyl (C=S) groups is 1. The van der Waals surface area contributed by atoms with Gasteiger partial charge in [0.2, 0.25) is 0 Å². The van der Waals surface area contributed by atoms with Crippen LogP contribution in [0.3, 0.4) is 0 Å². The second-order valence-electron chi connectivity index (χ2n) is 6.99. The van der Waals surface area contributed by atoms with Crippen LogP contribution in [0.4, 0.5) is 8.78 Å². The van der Waals surface area contributed by atoms with Crippen molar-refractivity contribution in [2.45, 2.75) is 13.2 Å². The molecule has 0 atom stereocenters. The molecular weight excluding hydrogens is 516 g/mol. The van der Waals surface area contributed by atoms with Crippen molar-refractivity contribution in [2.75, 3.05) is 0 Å². The molecule has 1 aliphatic heterocycles.